The van der Waals surface area contributed by atoms with Gasteiger partial charge in [0.15, 0.2) is 0 Å². The number of rotatable bonds is 3. The van der Waals surface area contributed by atoms with E-state index in [1.54, 1.807) is 5.51 Å². The van der Waals surface area contributed by atoms with E-state index in [9.17, 15) is 9.18 Å². The summed E-state index contributed by atoms with van der Waals surface area (Å²) >= 11 is 1.44. The Balaban J connectivity index is 2.05. The van der Waals surface area contributed by atoms with Crippen LogP contribution in [0.2, 0.25) is 0 Å². The van der Waals surface area contributed by atoms with Crippen LogP contribution in [0.3, 0.4) is 0 Å². The Hall–Kier alpha value is -2.23. The number of halogens is 1. The number of nitrogens with one attached hydrogen (secondary N) is 1. The minimum absolute atomic E-state index is 0.148. The molecule has 0 aliphatic rings. The number of aliphatic hydroxyl groups is 1. The molecule has 2 rings (SSSR count). The molecule has 0 atom stereocenters. The molecule has 0 bridgehead atoms. The van der Waals surface area contributed by atoms with Crippen LogP contribution < -0.4 is 5.32 Å². The molecule has 2 aromatic rings. The van der Waals surface area contributed by atoms with Gasteiger partial charge in [-0.05, 0) is 18.2 Å². The number of carbonyl (C=O) groups excluding carboxylic acids is 1. The van der Waals surface area contributed by atoms with Crippen molar-refractivity contribution in [2.24, 2.45) is 0 Å². The number of thiazole rings is 1. The van der Waals surface area contributed by atoms with Gasteiger partial charge in [-0.1, -0.05) is 11.8 Å². The predicted molar refractivity (Wildman–Crippen MR) is 73.6 cm³/mol. The molecule has 6 heteroatoms. The lowest BCUT2D eigenvalue weighted by Crippen LogP contribution is -2.23. The Labute approximate surface area is 119 Å². The summed E-state index contributed by atoms with van der Waals surface area (Å²) < 4.78 is 13.7. The zero-order valence-electron chi connectivity index (χ0n) is 10.4. The fraction of sp³-hybridized carbons (Fsp3) is 0.143. The summed E-state index contributed by atoms with van der Waals surface area (Å²) in [5.74, 6) is 3.86. The number of amides is 1. The predicted octanol–water partition coefficient (Wildman–Crippen LogP) is 1.56. The number of hydrogen-bond donors (Lipinski definition) is 2. The molecule has 1 aromatic carbocycles. The number of aliphatic hydroxyl groups excluding tert-OH is 1. The van der Waals surface area contributed by atoms with Crippen molar-refractivity contribution in [3.8, 4) is 11.8 Å². The molecule has 1 amide bonds. The number of nitrogens with zero attached hydrogens (tertiary/aromatic N) is 1. The highest BCUT2D eigenvalue weighted by atomic mass is 32.1. The van der Waals surface area contributed by atoms with Gasteiger partial charge in [0, 0.05) is 10.9 Å². The SMILES string of the molecule is O=C(NCc1cscn1)c1ccc(C#CCO)c(F)c1. The van der Waals surface area contributed by atoms with Crippen LogP contribution in [0.5, 0.6) is 0 Å². The van der Waals surface area contributed by atoms with E-state index >= 15 is 0 Å². The maximum Gasteiger partial charge on any atom is 0.251 e. The van der Waals surface area contributed by atoms with Gasteiger partial charge in [0.05, 0.1) is 23.3 Å². The van der Waals surface area contributed by atoms with Gasteiger partial charge in [-0.25, -0.2) is 9.37 Å². The standard InChI is InChI=1S/C14H11FN2O2S/c15-13-6-11(4-3-10(13)2-1-5-18)14(19)16-7-12-8-20-9-17-12/h3-4,6,8-9,18H,5,7H2,(H,16,19). The van der Waals surface area contributed by atoms with E-state index in [-0.39, 0.29) is 23.6 Å². The van der Waals surface area contributed by atoms with Gasteiger partial charge in [0.1, 0.15) is 12.4 Å². The van der Waals surface area contributed by atoms with Crippen molar-refractivity contribution in [3.05, 3.63) is 51.7 Å². The minimum Gasteiger partial charge on any atom is -0.384 e. The molecule has 0 aliphatic carbocycles. The van der Waals surface area contributed by atoms with Crippen molar-refractivity contribution in [3.63, 3.8) is 0 Å². The zero-order chi connectivity index (χ0) is 14.4. The van der Waals surface area contributed by atoms with Gasteiger partial charge in [-0.3, -0.25) is 4.79 Å². The topological polar surface area (TPSA) is 62.2 Å². The molecule has 4 nitrogen and oxygen atoms in total. The van der Waals surface area contributed by atoms with Crippen molar-refractivity contribution in [2.45, 2.75) is 6.54 Å². The third-order valence-corrected chi connectivity index (χ3v) is 3.08. The normalized spacial score (nSPS) is 9.70. The highest BCUT2D eigenvalue weighted by Gasteiger charge is 2.09. The lowest BCUT2D eigenvalue weighted by atomic mass is 10.1. The summed E-state index contributed by atoms with van der Waals surface area (Å²) in [5.41, 5.74) is 2.80. The Kier molecular flexibility index (Phi) is 4.82. The van der Waals surface area contributed by atoms with Gasteiger partial charge in [0.2, 0.25) is 0 Å². The van der Waals surface area contributed by atoms with E-state index in [1.807, 2.05) is 5.38 Å². The van der Waals surface area contributed by atoms with E-state index in [0.29, 0.717) is 6.54 Å². The van der Waals surface area contributed by atoms with E-state index in [1.165, 1.54) is 23.5 Å². The lowest BCUT2D eigenvalue weighted by molar-refractivity contribution is 0.0950. The monoisotopic (exact) mass is 290 g/mol. The number of carbonyl (C=O) groups is 1. The van der Waals surface area contributed by atoms with Crippen molar-refractivity contribution in [1.29, 1.82) is 0 Å². The van der Waals surface area contributed by atoms with Crippen LogP contribution in [0.1, 0.15) is 21.6 Å². The molecule has 20 heavy (non-hydrogen) atoms. The third-order valence-electron chi connectivity index (χ3n) is 2.45. The molecule has 0 saturated carbocycles. The van der Waals surface area contributed by atoms with E-state index in [4.69, 9.17) is 5.11 Å². The highest BCUT2D eigenvalue weighted by molar-refractivity contribution is 7.07. The van der Waals surface area contributed by atoms with Crippen LogP contribution in [-0.2, 0) is 6.54 Å². The van der Waals surface area contributed by atoms with Crippen LogP contribution in [0.4, 0.5) is 4.39 Å². The first-order chi connectivity index (χ1) is 9.70. The maximum atomic E-state index is 13.7. The molecule has 1 aromatic heterocycles. The second kappa shape index (κ2) is 6.80. The first-order valence-electron chi connectivity index (χ1n) is 5.75. The molecule has 0 fully saturated rings. The van der Waals surface area contributed by atoms with Gasteiger partial charge in [-0.2, -0.15) is 0 Å². The van der Waals surface area contributed by atoms with E-state index < -0.39 is 5.82 Å². The average Bonchev–Trinajstić information content (AvgIpc) is 2.96. The molecule has 0 saturated heterocycles. The van der Waals surface area contributed by atoms with Crippen LogP contribution >= 0.6 is 11.3 Å². The van der Waals surface area contributed by atoms with Crippen LogP contribution in [0, 0.1) is 17.7 Å². The summed E-state index contributed by atoms with van der Waals surface area (Å²) in [4.78, 5) is 15.9. The summed E-state index contributed by atoms with van der Waals surface area (Å²) in [6.45, 7) is -0.0364. The molecule has 0 unspecified atom stereocenters. The highest BCUT2D eigenvalue weighted by Crippen LogP contribution is 2.10. The zero-order valence-corrected chi connectivity index (χ0v) is 11.2. The quantitative estimate of drug-likeness (QED) is 0.843. The summed E-state index contributed by atoms with van der Waals surface area (Å²) in [5, 5.41) is 13.0. The van der Waals surface area contributed by atoms with Crippen molar-refractivity contribution in [1.82, 2.24) is 10.3 Å². The molecule has 0 radical (unpaired) electrons. The fourth-order valence-electron chi connectivity index (χ4n) is 1.49. The smallest absolute Gasteiger partial charge is 0.251 e. The first kappa shape index (κ1) is 14.2. The largest absolute Gasteiger partial charge is 0.384 e. The van der Waals surface area contributed by atoms with Gasteiger partial charge >= 0.3 is 0 Å². The van der Waals surface area contributed by atoms with Crippen LogP contribution in [0.15, 0.2) is 29.1 Å². The van der Waals surface area contributed by atoms with Crippen molar-refractivity contribution < 1.29 is 14.3 Å². The molecule has 2 N–H and O–H groups in total. The van der Waals surface area contributed by atoms with Crippen LogP contribution in [0.25, 0.3) is 0 Å². The number of hydrogen-bond acceptors (Lipinski definition) is 4. The van der Waals surface area contributed by atoms with Crippen molar-refractivity contribution in [2.75, 3.05) is 6.61 Å². The maximum absolute atomic E-state index is 13.7. The van der Waals surface area contributed by atoms with E-state index in [0.717, 1.165) is 11.8 Å². The third kappa shape index (κ3) is 3.63. The molecule has 0 aliphatic heterocycles. The second-order valence-electron chi connectivity index (χ2n) is 3.82. The minimum atomic E-state index is -0.591. The molecular formula is C14H11FN2O2S. The Morgan fingerprint density at radius 3 is 3.00 bits per heavy atom. The van der Waals surface area contributed by atoms with Gasteiger partial charge < -0.3 is 10.4 Å². The number of benzene rings is 1. The second-order valence-corrected chi connectivity index (χ2v) is 4.54. The van der Waals surface area contributed by atoms with Gasteiger partial charge in [0.25, 0.3) is 5.91 Å². The lowest BCUT2D eigenvalue weighted by Gasteiger charge is -2.04. The summed E-state index contributed by atoms with van der Waals surface area (Å²) in [6, 6.07) is 4.02. The first-order valence-corrected chi connectivity index (χ1v) is 6.69. The van der Waals surface area contributed by atoms with Gasteiger partial charge in [-0.15, -0.1) is 11.3 Å². The summed E-state index contributed by atoms with van der Waals surface area (Å²) in [7, 11) is 0. The van der Waals surface area contributed by atoms with Crippen LogP contribution in [-0.4, -0.2) is 22.6 Å². The Morgan fingerprint density at radius 1 is 1.50 bits per heavy atom. The molecular weight excluding hydrogens is 279 g/mol. The molecule has 102 valence electrons. The Bertz CT molecular complexity index is 660. The fourth-order valence-corrected chi connectivity index (χ4v) is 2.05. The molecule has 0 spiro atoms. The van der Waals surface area contributed by atoms with E-state index in [2.05, 4.69) is 22.1 Å². The summed E-state index contributed by atoms with van der Waals surface area (Å²) in [6.07, 6.45) is 0. The average molecular weight is 290 g/mol. The van der Waals surface area contributed by atoms with Crippen molar-refractivity contribution >= 4 is 17.2 Å². The Morgan fingerprint density at radius 2 is 2.35 bits per heavy atom. The number of aromatic nitrogens is 1. The molecule has 1 heterocycles.